The molecule has 0 unspecified atom stereocenters. The minimum absolute atomic E-state index is 0.0808. The summed E-state index contributed by atoms with van der Waals surface area (Å²) < 4.78 is 38.5. The fourth-order valence-electron chi connectivity index (χ4n) is 3.64. The third-order valence-electron chi connectivity index (χ3n) is 5.38. The van der Waals surface area contributed by atoms with Crippen LogP contribution in [-0.4, -0.2) is 50.5 Å². The van der Waals surface area contributed by atoms with Crippen molar-refractivity contribution in [3.05, 3.63) is 83.6 Å². The van der Waals surface area contributed by atoms with E-state index in [0.717, 1.165) is 11.1 Å². The lowest BCUT2D eigenvalue weighted by Gasteiger charge is -2.28. The summed E-state index contributed by atoms with van der Waals surface area (Å²) in [5, 5.41) is 2.75. The molecule has 1 aliphatic heterocycles. The predicted molar refractivity (Wildman–Crippen MR) is 124 cm³/mol. The number of carbonyl (C=O) groups excluding carboxylic acids is 1. The van der Waals surface area contributed by atoms with Crippen molar-refractivity contribution in [2.24, 2.45) is 0 Å². The zero-order valence-corrected chi connectivity index (χ0v) is 19.0. The molecule has 1 aromatic heterocycles. The quantitative estimate of drug-likeness (QED) is 0.511. The van der Waals surface area contributed by atoms with Gasteiger partial charge in [0.25, 0.3) is 5.91 Å². The normalized spacial score (nSPS) is 13.8. The maximum Gasteiger partial charge on any atom is 0.255 e. The van der Waals surface area contributed by atoms with Crippen LogP contribution in [0.4, 0.5) is 5.69 Å². The van der Waals surface area contributed by atoms with Crippen molar-refractivity contribution in [3.8, 4) is 5.88 Å². The molecule has 0 saturated heterocycles. The molecular weight excluding hydrogens is 442 g/mol. The van der Waals surface area contributed by atoms with E-state index in [1.54, 1.807) is 37.6 Å². The number of ether oxygens (including phenoxy) is 2. The molecule has 9 heteroatoms. The van der Waals surface area contributed by atoms with Crippen LogP contribution >= 0.6 is 0 Å². The van der Waals surface area contributed by atoms with Gasteiger partial charge in [-0.15, -0.1) is 0 Å². The van der Waals surface area contributed by atoms with E-state index in [1.807, 2.05) is 24.3 Å². The molecule has 1 N–H and O–H groups in total. The predicted octanol–water partition coefficient (Wildman–Crippen LogP) is 3.11. The lowest BCUT2D eigenvalue weighted by atomic mass is 10.0. The van der Waals surface area contributed by atoms with E-state index >= 15 is 0 Å². The first kappa shape index (κ1) is 22.9. The number of benzene rings is 2. The Morgan fingerprint density at radius 1 is 1.06 bits per heavy atom. The average molecular weight is 468 g/mol. The van der Waals surface area contributed by atoms with Crippen molar-refractivity contribution in [2.75, 3.05) is 32.2 Å². The number of pyridine rings is 1. The molecule has 0 bridgehead atoms. The molecule has 1 amide bonds. The van der Waals surface area contributed by atoms with Crippen LogP contribution in [0.5, 0.6) is 5.88 Å². The average Bonchev–Trinajstić information content (AvgIpc) is 2.85. The van der Waals surface area contributed by atoms with E-state index in [-0.39, 0.29) is 22.9 Å². The van der Waals surface area contributed by atoms with Crippen molar-refractivity contribution >= 4 is 21.6 Å². The molecule has 2 heterocycles. The maximum absolute atomic E-state index is 13.3. The number of amides is 1. The Morgan fingerprint density at radius 2 is 1.88 bits per heavy atom. The molecule has 8 nitrogen and oxygen atoms in total. The summed E-state index contributed by atoms with van der Waals surface area (Å²) >= 11 is 0. The number of fused-ring (bicyclic) bond motifs is 1. The van der Waals surface area contributed by atoms with Gasteiger partial charge in [-0.2, -0.15) is 4.31 Å². The molecule has 0 atom stereocenters. The lowest BCUT2D eigenvalue weighted by Crippen LogP contribution is -2.36. The van der Waals surface area contributed by atoms with Gasteiger partial charge in [-0.05, 0) is 47.9 Å². The summed E-state index contributed by atoms with van der Waals surface area (Å²) in [6.45, 7) is 1.37. The Labute approximate surface area is 193 Å². The van der Waals surface area contributed by atoms with Gasteiger partial charge in [-0.1, -0.05) is 30.3 Å². The Kier molecular flexibility index (Phi) is 7.02. The van der Waals surface area contributed by atoms with Gasteiger partial charge in [-0.25, -0.2) is 13.4 Å². The van der Waals surface area contributed by atoms with Gasteiger partial charge >= 0.3 is 0 Å². The van der Waals surface area contributed by atoms with Crippen molar-refractivity contribution in [1.29, 1.82) is 0 Å². The zero-order valence-electron chi connectivity index (χ0n) is 18.2. The van der Waals surface area contributed by atoms with Gasteiger partial charge in [0.05, 0.1) is 11.5 Å². The number of hydrogen-bond donors (Lipinski definition) is 1. The highest BCUT2D eigenvalue weighted by Gasteiger charge is 2.28. The molecule has 2 aromatic carbocycles. The smallest absolute Gasteiger partial charge is 0.255 e. The third kappa shape index (κ3) is 5.22. The third-order valence-corrected chi connectivity index (χ3v) is 7.22. The van der Waals surface area contributed by atoms with E-state index in [4.69, 9.17) is 9.47 Å². The first-order valence-electron chi connectivity index (χ1n) is 10.5. The van der Waals surface area contributed by atoms with Gasteiger partial charge in [0.1, 0.15) is 12.3 Å². The Morgan fingerprint density at radius 3 is 2.70 bits per heavy atom. The summed E-state index contributed by atoms with van der Waals surface area (Å²) in [6, 6.07) is 17.2. The highest BCUT2D eigenvalue weighted by Crippen LogP contribution is 2.26. The summed E-state index contributed by atoms with van der Waals surface area (Å²) in [5.41, 5.74) is 2.77. The van der Waals surface area contributed by atoms with Gasteiger partial charge < -0.3 is 14.8 Å². The molecule has 4 rings (SSSR count). The van der Waals surface area contributed by atoms with Crippen LogP contribution in [0.1, 0.15) is 21.5 Å². The van der Waals surface area contributed by atoms with E-state index in [0.29, 0.717) is 31.8 Å². The Hall–Kier alpha value is -3.27. The van der Waals surface area contributed by atoms with Crippen molar-refractivity contribution in [2.45, 2.75) is 17.9 Å². The number of carbonyl (C=O) groups is 1. The SMILES string of the molecule is COCCOc1ncccc1NC(=O)c1cccc(S(=O)(=O)N2CCc3ccccc3C2)c1. The van der Waals surface area contributed by atoms with Gasteiger partial charge in [0, 0.05) is 32.0 Å². The fraction of sp³-hybridized carbons (Fsp3) is 0.250. The molecule has 33 heavy (non-hydrogen) atoms. The minimum atomic E-state index is -3.75. The number of sulfonamides is 1. The number of methoxy groups -OCH3 is 1. The van der Waals surface area contributed by atoms with Crippen LogP contribution in [-0.2, 0) is 27.7 Å². The summed E-state index contributed by atoms with van der Waals surface area (Å²) in [4.78, 5) is 17.1. The van der Waals surface area contributed by atoms with Crippen LogP contribution in [0.25, 0.3) is 0 Å². The van der Waals surface area contributed by atoms with E-state index < -0.39 is 15.9 Å². The molecule has 0 fully saturated rings. The van der Waals surface area contributed by atoms with Crippen molar-refractivity contribution in [1.82, 2.24) is 9.29 Å². The van der Waals surface area contributed by atoms with E-state index in [1.165, 1.54) is 16.4 Å². The van der Waals surface area contributed by atoms with Gasteiger partial charge in [0.2, 0.25) is 15.9 Å². The molecule has 0 spiro atoms. The number of hydrogen-bond acceptors (Lipinski definition) is 6. The van der Waals surface area contributed by atoms with Crippen LogP contribution in [0, 0.1) is 0 Å². The van der Waals surface area contributed by atoms with Crippen LogP contribution in [0.2, 0.25) is 0 Å². The molecule has 0 aliphatic carbocycles. The van der Waals surface area contributed by atoms with Crippen molar-refractivity contribution in [3.63, 3.8) is 0 Å². The second-order valence-corrected chi connectivity index (χ2v) is 9.47. The summed E-state index contributed by atoms with van der Waals surface area (Å²) in [7, 11) is -2.19. The molecule has 1 aliphatic rings. The summed E-state index contributed by atoms with van der Waals surface area (Å²) in [6.07, 6.45) is 2.21. The van der Waals surface area contributed by atoms with E-state index in [2.05, 4.69) is 10.3 Å². The topological polar surface area (TPSA) is 97.8 Å². The van der Waals surface area contributed by atoms with E-state index in [9.17, 15) is 13.2 Å². The number of nitrogens with one attached hydrogen (secondary N) is 1. The zero-order chi connectivity index (χ0) is 23.3. The molecule has 0 saturated carbocycles. The van der Waals surface area contributed by atoms with Gasteiger partial charge in [0.15, 0.2) is 0 Å². The highest BCUT2D eigenvalue weighted by molar-refractivity contribution is 7.89. The first-order valence-corrected chi connectivity index (χ1v) is 12.0. The lowest BCUT2D eigenvalue weighted by molar-refractivity contribution is 0.102. The summed E-state index contributed by atoms with van der Waals surface area (Å²) in [5.74, 6) is -0.195. The number of nitrogens with zero attached hydrogens (tertiary/aromatic N) is 2. The standard InChI is InChI=1S/C24H25N3O5S/c1-31-14-15-32-24-22(10-5-12-25-24)26-23(28)19-8-4-9-21(16-19)33(29,30)27-13-11-18-6-2-3-7-20(18)17-27/h2-10,12,16H,11,13-15,17H2,1H3,(H,26,28). The minimum Gasteiger partial charge on any atom is -0.474 e. The fourth-order valence-corrected chi connectivity index (χ4v) is 5.10. The second kappa shape index (κ2) is 10.1. The number of rotatable bonds is 8. The highest BCUT2D eigenvalue weighted by atomic mass is 32.2. The maximum atomic E-state index is 13.3. The molecule has 172 valence electrons. The number of aromatic nitrogens is 1. The molecule has 3 aromatic rings. The first-order chi connectivity index (χ1) is 16.0. The van der Waals surface area contributed by atoms with Crippen LogP contribution < -0.4 is 10.1 Å². The molecule has 0 radical (unpaired) electrons. The Bertz CT molecular complexity index is 1250. The van der Waals surface area contributed by atoms with Crippen molar-refractivity contribution < 1.29 is 22.7 Å². The van der Waals surface area contributed by atoms with Gasteiger partial charge in [-0.3, -0.25) is 4.79 Å². The second-order valence-electron chi connectivity index (χ2n) is 7.54. The Balaban J connectivity index is 1.52. The van der Waals surface area contributed by atoms with Crippen LogP contribution in [0.15, 0.2) is 71.8 Å². The largest absolute Gasteiger partial charge is 0.474 e. The number of anilines is 1. The monoisotopic (exact) mass is 467 g/mol. The van der Waals surface area contributed by atoms with Crippen LogP contribution in [0.3, 0.4) is 0 Å². The molecular formula is C24H25N3O5S.